The van der Waals surface area contributed by atoms with Gasteiger partial charge in [0.25, 0.3) is 0 Å². The van der Waals surface area contributed by atoms with Crippen molar-refractivity contribution in [3.8, 4) is 0 Å². The maximum Gasteiger partial charge on any atom is 0.240 e. The topological polar surface area (TPSA) is 66.5 Å². The summed E-state index contributed by atoms with van der Waals surface area (Å²) in [6.45, 7) is 2.52. The van der Waals surface area contributed by atoms with Crippen LogP contribution in [0.1, 0.15) is 18.4 Å². The monoisotopic (exact) mass is 268 g/mol. The maximum atomic E-state index is 11.7. The van der Waals surface area contributed by atoms with Crippen LogP contribution in [0.4, 0.5) is 5.69 Å². The van der Waals surface area contributed by atoms with Crippen LogP contribution in [0.5, 0.6) is 0 Å². The molecule has 0 unspecified atom stereocenters. The first kappa shape index (κ1) is 13.0. The van der Waals surface area contributed by atoms with Crippen molar-refractivity contribution < 1.29 is 13.2 Å². The highest BCUT2D eigenvalue weighted by Gasteiger charge is 2.23. The molecule has 0 aliphatic carbocycles. The number of hydrogen-bond acceptors (Lipinski definition) is 3. The van der Waals surface area contributed by atoms with E-state index in [1.807, 2.05) is 6.92 Å². The number of benzene rings is 1. The van der Waals surface area contributed by atoms with Crippen LogP contribution in [0, 0.1) is 6.92 Å². The predicted octanol–water partition coefficient (Wildman–Crippen LogP) is 1.03. The molecule has 1 aromatic rings. The molecule has 1 amide bonds. The minimum atomic E-state index is -3.43. The summed E-state index contributed by atoms with van der Waals surface area (Å²) in [7, 11) is -2.05. The first-order valence-electron chi connectivity index (χ1n) is 5.80. The smallest absolute Gasteiger partial charge is 0.240 e. The van der Waals surface area contributed by atoms with Crippen molar-refractivity contribution in [2.75, 3.05) is 18.5 Å². The second-order valence-corrected chi connectivity index (χ2v) is 6.19. The number of aryl methyl sites for hydroxylation is 1. The molecule has 18 heavy (non-hydrogen) atoms. The molecular formula is C12H16N2O3S. The van der Waals surface area contributed by atoms with Crippen molar-refractivity contribution in [1.82, 2.24) is 4.72 Å². The van der Waals surface area contributed by atoms with E-state index in [1.54, 1.807) is 17.0 Å². The van der Waals surface area contributed by atoms with Crippen molar-refractivity contribution in [1.29, 1.82) is 0 Å². The zero-order chi connectivity index (χ0) is 13.3. The van der Waals surface area contributed by atoms with Crippen molar-refractivity contribution in [3.63, 3.8) is 0 Å². The minimum absolute atomic E-state index is 0.0994. The van der Waals surface area contributed by atoms with Gasteiger partial charge in [-0.05, 0) is 44.2 Å². The lowest BCUT2D eigenvalue weighted by atomic mass is 10.2. The molecule has 0 radical (unpaired) electrons. The third-order valence-electron chi connectivity index (χ3n) is 3.11. The van der Waals surface area contributed by atoms with Gasteiger partial charge in [-0.3, -0.25) is 4.79 Å². The average molecular weight is 268 g/mol. The summed E-state index contributed by atoms with van der Waals surface area (Å²) < 4.78 is 25.6. The van der Waals surface area contributed by atoms with Gasteiger partial charge in [-0.1, -0.05) is 0 Å². The zero-order valence-corrected chi connectivity index (χ0v) is 11.3. The van der Waals surface area contributed by atoms with Gasteiger partial charge in [0.05, 0.1) is 4.90 Å². The Hall–Kier alpha value is -1.40. The summed E-state index contributed by atoms with van der Waals surface area (Å²) in [6, 6.07) is 4.81. The summed E-state index contributed by atoms with van der Waals surface area (Å²) in [5.74, 6) is 0.0994. The van der Waals surface area contributed by atoms with Gasteiger partial charge >= 0.3 is 0 Å². The fraction of sp³-hybridized carbons (Fsp3) is 0.417. The van der Waals surface area contributed by atoms with E-state index in [1.165, 1.54) is 13.1 Å². The van der Waals surface area contributed by atoms with Crippen LogP contribution in [-0.2, 0) is 14.8 Å². The number of carbonyl (C=O) groups is 1. The molecule has 1 aromatic carbocycles. The molecule has 1 saturated heterocycles. The molecule has 98 valence electrons. The molecule has 1 N–H and O–H groups in total. The van der Waals surface area contributed by atoms with Crippen molar-refractivity contribution in [2.24, 2.45) is 0 Å². The minimum Gasteiger partial charge on any atom is -0.312 e. The standard InChI is InChI=1S/C12H16N2O3S/c1-9-8-10(18(16,17)13-2)5-6-11(9)14-7-3-4-12(14)15/h5-6,8,13H,3-4,7H2,1-2H3. The normalized spacial score (nSPS) is 16.3. The number of anilines is 1. The Labute approximate surface area is 107 Å². The van der Waals surface area contributed by atoms with Crippen LogP contribution in [0.15, 0.2) is 23.1 Å². The second kappa shape index (κ2) is 4.70. The lowest BCUT2D eigenvalue weighted by Gasteiger charge is -2.18. The number of amides is 1. The molecule has 0 aromatic heterocycles. The zero-order valence-electron chi connectivity index (χ0n) is 10.4. The Balaban J connectivity index is 2.40. The summed E-state index contributed by atoms with van der Waals surface area (Å²) in [5.41, 5.74) is 1.59. The molecule has 1 heterocycles. The third-order valence-corrected chi connectivity index (χ3v) is 4.52. The van der Waals surface area contributed by atoms with E-state index in [4.69, 9.17) is 0 Å². The van der Waals surface area contributed by atoms with E-state index < -0.39 is 10.0 Å². The van der Waals surface area contributed by atoms with Crippen LogP contribution in [0.3, 0.4) is 0 Å². The van der Waals surface area contributed by atoms with E-state index >= 15 is 0 Å². The summed E-state index contributed by atoms with van der Waals surface area (Å²) >= 11 is 0. The maximum absolute atomic E-state index is 11.7. The molecule has 0 atom stereocenters. The van der Waals surface area contributed by atoms with Gasteiger partial charge in [-0.2, -0.15) is 0 Å². The van der Waals surface area contributed by atoms with Crippen LogP contribution in [-0.4, -0.2) is 27.9 Å². The van der Waals surface area contributed by atoms with E-state index in [0.29, 0.717) is 13.0 Å². The number of nitrogens with one attached hydrogen (secondary N) is 1. The fourth-order valence-corrected chi connectivity index (χ4v) is 2.93. The molecule has 1 fully saturated rings. The van der Waals surface area contributed by atoms with Gasteiger partial charge in [0.2, 0.25) is 15.9 Å². The van der Waals surface area contributed by atoms with Gasteiger partial charge in [0, 0.05) is 18.7 Å². The van der Waals surface area contributed by atoms with E-state index in [9.17, 15) is 13.2 Å². The summed E-state index contributed by atoms with van der Waals surface area (Å²) in [4.78, 5) is 13.6. The number of sulfonamides is 1. The third kappa shape index (κ3) is 2.26. The second-order valence-electron chi connectivity index (χ2n) is 4.30. The van der Waals surface area contributed by atoms with Crippen LogP contribution in [0.2, 0.25) is 0 Å². The van der Waals surface area contributed by atoms with Gasteiger partial charge < -0.3 is 4.90 Å². The highest BCUT2D eigenvalue weighted by Crippen LogP contribution is 2.27. The molecule has 1 aliphatic rings. The Morgan fingerprint density at radius 1 is 1.33 bits per heavy atom. The number of rotatable bonds is 3. The van der Waals surface area contributed by atoms with Crippen molar-refractivity contribution in [2.45, 2.75) is 24.7 Å². The number of carbonyl (C=O) groups excluding carboxylic acids is 1. The van der Waals surface area contributed by atoms with Gasteiger partial charge in [-0.25, -0.2) is 13.1 Å². The Kier molecular flexibility index (Phi) is 3.41. The van der Waals surface area contributed by atoms with E-state index in [-0.39, 0.29) is 10.8 Å². The Morgan fingerprint density at radius 3 is 2.56 bits per heavy atom. The molecule has 0 saturated carbocycles. The number of nitrogens with zero attached hydrogens (tertiary/aromatic N) is 1. The predicted molar refractivity (Wildman–Crippen MR) is 69.0 cm³/mol. The fourth-order valence-electron chi connectivity index (χ4n) is 2.12. The largest absolute Gasteiger partial charge is 0.312 e. The number of hydrogen-bond donors (Lipinski definition) is 1. The van der Waals surface area contributed by atoms with Gasteiger partial charge in [0.15, 0.2) is 0 Å². The molecule has 5 nitrogen and oxygen atoms in total. The van der Waals surface area contributed by atoms with Crippen molar-refractivity contribution >= 4 is 21.6 Å². The molecule has 1 aliphatic heterocycles. The Bertz CT molecular complexity index is 581. The van der Waals surface area contributed by atoms with Gasteiger partial charge in [-0.15, -0.1) is 0 Å². The van der Waals surface area contributed by atoms with Crippen LogP contribution >= 0.6 is 0 Å². The first-order valence-corrected chi connectivity index (χ1v) is 7.28. The highest BCUT2D eigenvalue weighted by molar-refractivity contribution is 7.89. The molecular weight excluding hydrogens is 252 g/mol. The molecule has 2 rings (SSSR count). The van der Waals surface area contributed by atoms with E-state index in [2.05, 4.69) is 4.72 Å². The first-order chi connectivity index (χ1) is 8.45. The lowest BCUT2D eigenvalue weighted by molar-refractivity contribution is -0.117. The lowest BCUT2D eigenvalue weighted by Crippen LogP contribution is -2.25. The molecule has 0 spiro atoms. The van der Waals surface area contributed by atoms with Crippen molar-refractivity contribution in [3.05, 3.63) is 23.8 Å². The summed E-state index contributed by atoms with van der Waals surface area (Å²) in [5, 5.41) is 0. The molecule has 6 heteroatoms. The van der Waals surface area contributed by atoms with E-state index in [0.717, 1.165) is 17.7 Å². The van der Waals surface area contributed by atoms with Crippen LogP contribution in [0.25, 0.3) is 0 Å². The Morgan fingerprint density at radius 2 is 2.06 bits per heavy atom. The van der Waals surface area contributed by atoms with Gasteiger partial charge in [0.1, 0.15) is 0 Å². The van der Waals surface area contributed by atoms with Crippen LogP contribution < -0.4 is 9.62 Å². The quantitative estimate of drug-likeness (QED) is 0.890. The highest BCUT2D eigenvalue weighted by atomic mass is 32.2. The molecule has 0 bridgehead atoms. The summed E-state index contributed by atoms with van der Waals surface area (Å²) in [6.07, 6.45) is 1.42. The average Bonchev–Trinajstić information content (AvgIpc) is 2.75. The SMILES string of the molecule is CNS(=O)(=O)c1ccc(N2CCCC2=O)c(C)c1.